The molecule has 2 heterocycles. The average Bonchev–Trinajstić information content (AvgIpc) is 2.91. The molecular weight excluding hydrogens is 282 g/mol. The van der Waals surface area contributed by atoms with Crippen molar-refractivity contribution in [1.82, 2.24) is 9.88 Å². The highest BCUT2D eigenvalue weighted by Crippen LogP contribution is 2.29. The van der Waals surface area contributed by atoms with Gasteiger partial charge in [0.2, 0.25) is 5.91 Å². The lowest BCUT2D eigenvalue weighted by atomic mass is 10.1. The molecule has 0 fully saturated rings. The number of carbonyl (C=O) groups is 2. The standard InChI is InChI=1S/C16H17N3O3/c1-19-8-4-5-11(19)10-17-15(20)9-14-16(21)18-12-6-2-3-7-13(12)22-14/h2-8,14H,9-10H2,1H3,(H,17,20)(H,18,21). The fraction of sp³-hybridized carbons (Fsp3) is 0.250. The molecule has 22 heavy (non-hydrogen) atoms. The summed E-state index contributed by atoms with van der Waals surface area (Å²) in [7, 11) is 1.91. The van der Waals surface area contributed by atoms with Crippen LogP contribution < -0.4 is 15.4 Å². The Morgan fingerprint density at radius 1 is 1.32 bits per heavy atom. The third-order valence-electron chi connectivity index (χ3n) is 3.60. The normalized spacial score (nSPS) is 16.4. The first-order valence-corrected chi connectivity index (χ1v) is 7.07. The number of benzene rings is 1. The molecule has 1 unspecified atom stereocenters. The van der Waals surface area contributed by atoms with E-state index in [0.717, 1.165) is 5.69 Å². The minimum atomic E-state index is -0.802. The maximum Gasteiger partial charge on any atom is 0.266 e. The molecule has 114 valence electrons. The van der Waals surface area contributed by atoms with Gasteiger partial charge in [-0.25, -0.2) is 0 Å². The summed E-state index contributed by atoms with van der Waals surface area (Å²) in [6, 6.07) is 11.0. The van der Waals surface area contributed by atoms with E-state index < -0.39 is 6.10 Å². The van der Waals surface area contributed by atoms with Crippen LogP contribution in [-0.4, -0.2) is 22.5 Å². The van der Waals surface area contributed by atoms with Crippen LogP contribution in [0, 0.1) is 0 Å². The van der Waals surface area contributed by atoms with Crippen LogP contribution in [0.5, 0.6) is 5.75 Å². The van der Waals surface area contributed by atoms with E-state index in [0.29, 0.717) is 18.0 Å². The van der Waals surface area contributed by atoms with E-state index in [1.807, 2.05) is 42.1 Å². The van der Waals surface area contributed by atoms with E-state index in [9.17, 15) is 9.59 Å². The molecule has 3 rings (SSSR count). The number of fused-ring (bicyclic) bond motifs is 1. The molecule has 0 aliphatic carbocycles. The third-order valence-corrected chi connectivity index (χ3v) is 3.60. The van der Waals surface area contributed by atoms with Gasteiger partial charge in [-0.3, -0.25) is 9.59 Å². The summed E-state index contributed by atoms with van der Waals surface area (Å²) in [5.41, 5.74) is 1.63. The second-order valence-corrected chi connectivity index (χ2v) is 5.18. The van der Waals surface area contributed by atoms with E-state index >= 15 is 0 Å². The summed E-state index contributed by atoms with van der Waals surface area (Å²) in [4.78, 5) is 24.0. The molecule has 2 N–H and O–H groups in total. The fourth-order valence-electron chi connectivity index (χ4n) is 2.34. The van der Waals surface area contributed by atoms with E-state index in [1.165, 1.54) is 0 Å². The molecule has 0 bridgehead atoms. The minimum Gasteiger partial charge on any atom is -0.478 e. The summed E-state index contributed by atoms with van der Waals surface area (Å²) in [5.74, 6) is 0.0655. The number of anilines is 1. The highest BCUT2D eigenvalue weighted by atomic mass is 16.5. The van der Waals surface area contributed by atoms with Gasteiger partial charge in [-0.15, -0.1) is 0 Å². The molecular formula is C16H17N3O3. The molecule has 0 radical (unpaired) electrons. The molecule has 6 nitrogen and oxygen atoms in total. The molecule has 1 aromatic carbocycles. The Hall–Kier alpha value is -2.76. The lowest BCUT2D eigenvalue weighted by Crippen LogP contribution is -2.40. The summed E-state index contributed by atoms with van der Waals surface area (Å²) >= 11 is 0. The summed E-state index contributed by atoms with van der Waals surface area (Å²) in [6.45, 7) is 0.424. The number of carbonyl (C=O) groups excluding carboxylic acids is 2. The van der Waals surface area contributed by atoms with Gasteiger partial charge in [0.1, 0.15) is 5.75 Å². The smallest absolute Gasteiger partial charge is 0.266 e. The number of rotatable bonds is 4. The zero-order valence-electron chi connectivity index (χ0n) is 12.2. The SMILES string of the molecule is Cn1cccc1CNC(=O)CC1Oc2ccccc2NC1=O. The maximum absolute atomic E-state index is 12.0. The van der Waals surface area contributed by atoms with Gasteiger partial charge < -0.3 is 19.9 Å². The van der Waals surface area contributed by atoms with Crippen molar-refractivity contribution in [1.29, 1.82) is 0 Å². The van der Waals surface area contributed by atoms with E-state index in [-0.39, 0.29) is 18.2 Å². The van der Waals surface area contributed by atoms with Crippen LogP contribution in [0.2, 0.25) is 0 Å². The zero-order valence-corrected chi connectivity index (χ0v) is 12.2. The number of nitrogens with one attached hydrogen (secondary N) is 2. The fourth-order valence-corrected chi connectivity index (χ4v) is 2.34. The molecule has 0 saturated heterocycles. The topological polar surface area (TPSA) is 72.4 Å². The van der Waals surface area contributed by atoms with Crippen molar-refractivity contribution in [2.75, 3.05) is 5.32 Å². The molecule has 2 amide bonds. The maximum atomic E-state index is 12.0. The Labute approximate surface area is 128 Å². The van der Waals surface area contributed by atoms with Gasteiger partial charge in [0.25, 0.3) is 5.91 Å². The largest absolute Gasteiger partial charge is 0.478 e. The highest BCUT2D eigenvalue weighted by Gasteiger charge is 2.29. The number of nitrogens with zero attached hydrogens (tertiary/aromatic N) is 1. The molecule has 1 aliphatic rings. The average molecular weight is 299 g/mol. The van der Waals surface area contributed by atoms with Gasteiger partial charge >= 0.3 is 0 Å². The van der Waals surface area contributed by atoms with Crippen LogP contribution in [0.25, 0.3) is 0 Å². The molecule has 1 aromatic heterocycles. The van der Waals surface area contributed by atoms with E-state index in [4.69, 9.17) is 4.74 Å². The van der Waals surface area contributed by atoms with Gasteiger partial charge in [-0.2, -0.15) is 0 Å². The molecule has 6 heteroatoms. The van der Waals surface area contributed by atoms with Crippen molar-refractivity contribution >= 4 is 17.5 Å². The van der Waals surface area contributed by atoms with Crippen LogP contribution in [-0.2, 0) is 23.2 Å². The molecule has 2 aromatic rings. The van der Waals surface area contributed by atoms with Crippen molar-refractivity contribution in [3.05, 3.63) is 48.3 Å². The second-order valence-electron chi connectivity index (χ2n) is 5.18. The lowest BCUT2D eigenvalue weighted by molar-refractivity contribution is -0.130. The van der Waals surface area contributed by atoms with Crippen molar-refractivity contribution in [3.8, 4) is 5.75 Å². The van der Waals surface area contributed by atoms with E-state index in [1.54, 1.807) is 12.1 Å². The van der Waals surface area contributed by atoms with Gasteiger partial charge in [0.15, 0.2) is 6.10 Å². The Bertz CT molecular complexity index is 708. The summed E-state index contributed by atoms with van der Waals surface area (Å²) < 4.78 is 7.53. The number of ether oxygens (including phenoxy) is 1. The van der Waals surface area contributed by atoms with Crippen molar-refractivity contribution in [3.63, 3.8) is 0 Å². The van der Waals surface area contributed by atoms with Gasteiger partial charge in [-0.1, -0.05) is 12.1 Å². The number of amides is 2. The highest BCUT2D eigenvalue weighted by molar-refractivity contribution is 5.99. The van der Waals surface area contributed by atoms with Crippen LogP contribution >= 0.6 is 0 Å². The summed E-state index contributed by atoms with van der Waals surface area (Å²) in [6.07, 6.45) is 1.10. The Kier molecular flexibility index (Phi) is 3.82. The molecule has 1 aliphatic heterocycles. The third kappa shape index (κ3) is 2.95. The first-order valence-electron chi connectivity index (χ1n) is 7.07. The van der Waals surface area contributed by atoms with Gasteiger partial charge in [0, 0.05) is 18.9 Å². The van der Waals surface area contributed by atoms with Crippen LogP contribution in [0.1, 0.15) is 12.1 Å². The van der Waals surface area contributed by atoms with Crippen LogP contribution in [0.15, 0.2) is 42.6 Å². The van der Waals surface area contributed by atoms with Crippen molar-refractivity contribution in [2.45, 2.75) is 19.1 Å². The Morgan fingerprint density at radius 2 is 2.14 bits per heavy atom. The monoisotopic (exact) mass is 299 g/mol. The number of aromatic nitrogens is 1. The van der Waals surface area contributed by atoms with Crippen molar-refractivity contribution in [2.24, 2.45) is 7.05 Å². The van der Waals surface area contributed by atoms with Crippen molar-refractivity contribution < 1.29 is 14.3 Å². The Morgan fingerprint density at radius 3 is 2.91 bits per heavy atom. The predicted octanol–water partition coefficient (Wildman–Crippen LogP) is 1.43. The first-order chi connectivity index (χ1) is 10.6. The predicted molar refractivity (Wildman–Crippen MR) is 81.4 cm³/mol. The molecule has 0 saturated carbocycles. The Balaban J connectivity index is 1.58. The minimum absolute atomic E-state index is 0.00933. The molecule has 0 spiro atoms. The summed E-state index contributed by atoms with van der Waals surface area (Å²) in [5, 5.41) is 5.54. The second kappa shape index (κ2) is 5.93. The van der Waals surface area contributed by atoms with E-state index in [2.05, 4.69) is 10.6 Å². The zero-order chi connectivity index (χ0) is 15.5. The first kappa shape index (κ1) is 14.2. The number of hydrogen-bond acceptors (Lipinski definition) is 3. The van der Waals surface area contributed by atoms with Crippen LogP contribution in [0.4, 0.5) is 5.69 Å². The quantitative estimate of drug-likeness (QED) is 0.897. The number of para-hydroxylation sites is 2. The lowest BCUT2D eigenvalue weighted by Gasteiger charge is -2.25. The van der Waals surface area contributed by atoms with Gasteiger partial charge in [0.05, 0.1) is 18.7 Å². The van der Waals surface area contributed by atoms with Gasteiger partial charge in [-0.05, 0) is 24.3 Å². The molecule has 1 atom stereocenters. The number of hydrogen-bond donors (Lipinski definition) is 2. The van der Waals surface area contributed by atoms with Crippen LogP contribution in [0.3, 0.4) is 0 Å². The number of aryl methyl sites for hydroxylation is 1.